The molecule has 206 valence electrons. The van der Waals surface area contributed by atoms with Crippen LogP contribution in [0, 0.1) is 22.7 Å². The van der Waals surface area contributed by atoms with Gasteiger partial charge < -0.3 is 26.6 Å². The molecule has 7 atom stereocenters. The van der Waals surface area contributed by atoms with E-state index in [1.807, 2.05) is 25.7 Å². The van der Waals surface area contributed by atoms with Crippen LogP contribution in [0.4, 0.5) is 5.95 Å². The molecule has 1 saturated heterocycles. The van der Waals surface area contributed by atoms with Crippen molar-refractivity contribution >= 4 is 17.8 Å². The summed E-state index contributed by atoms with van der Waals surface area (Å²) in [5.74, 6) is 0.187. The summed E-state index contributed by atoms with van der Waals surface area (Å²) in [6.07, 6.45) is 7.24. The fraction of sp³-hybridized carbons (Fsp3) is 0.778. The van der Waals surface area contributed by atoms with Gasteiger partial charge in [0, 0.05) is 18.9 Å². The van der Waals surface area contributed by atoms with Crippen molar-refractivity contribution in [3.8, 4) is 0 Å². The zero-order chi connectivity index (χ0) is 27.0. The number of carbonyl (C=O) groups is 2. The lowest BCUT2D eigenvalue weighted by Crippen LogP contribution is -2.59. The van der Waals surface area contributed by atoms with E-state index in [0.717, 1.165) is 32.1 Å². The summed E-state index contributed by atoms with van der Waals surface area (Å²) in [7, 11) is 0. The van der Waals surface area contributed by atoms with Gasteiger partial charge in [-0.2, -0.15) is 0 Å². The van der Waals surface area contributed by atoms with Crippen LogP contribution in [-0.2, 0) is 9.59 Å². The van der Waals surface area contributed by atoms with Crippen molar-refractivity contribution in [1.82, 2.24) is 20.2 Å². The fourth-order valence-corrected chi connectivity index (χ4v) is 6.29. The number of hydrogen-bond acceptors (Lipinski definition) is 8. The molecule has 37 heavy (non-hydrogen) atoms. The Hall–Kier alpha value is -2.30. The first-order valence-electron chi connectivity index (χ1n) is 13.7. The third-order valence-electron chi connectivity index (χ3n) is 8.89. The van der Waals surface area contributed by atoms with Crippen LogP contribution in [0.3, 0.4) is 0 Å². The molecule has 2 saturated carbocycles. The summed E-state index contributed by atoms with van der Waals surface area (Å²) in [5, 5.41) is 28.5. The molecule has 10 nitrogen and oxygen atoms in total. The number of aliphatic hydroxyl groups is 2. The van der Waals surface area contributed by atoms with Crippen LogP contribution in [0.15, 0.2) is 18.5 Å². The zero-order valence-electron chi connectivity index (χ0n) is 22.6. The Morgan fingerprint density at radius 2 is 1.89 bits per heavy atom. The number of nitrogens with one attached hydrogen (secondary N) is 2. The lowest BCUT2D eigenvalue weighted by molar-refractivity contribution is -0.135. The van der Waals surface area contributed by atoms with Gasteiger partial charge in [0.2, 0.25) is 17.8 Å². The minimum Gasteiger partial charge on any atom is -0.381 e. The Morgan fingerprint density at radius 3 is 2.41 bits per heavy atom. The molecule has 4 unspecified atom stereocenters. The third-order valence-corrected chi connectivity index (χ3v) is 8.89. The number of nitrogens with zero attached hydrogens (tertiary/aromatic N) is 3. The average Bonchev–Trinajstić information content (AvgIpc) is 3.36. The van der Waals surface area contributed by atoms with Crippen molar-refractivity contribution in [2.45, 2.75) is 103 Å². The van der Waals surface area contributed by atoms with Crippen LogP contribution >= 0.6 is 0 Å². The Balaban J connectivity index is 1.56. The Kier molecular flexibility index (Phi) is 8.11. The summed E-state index contributed by atoms with van der Waals surface area (Å²) >= 11 is 0. The summed E-state index contributed by atoms with van der Waals surface area (Å²) in [6.45, 7) is 8.86. The maximum atomic E-state index is 13.8. The summed E-state index contributed by atoms with van der Waals surface area (Å²) in [5.41, 5.74) is 5.03. The number of aliphatic hydroxyl groups excluding tert-OH is 2. The number of likely N-dealkylation sites (tertiary alicyclic amines) is 1. The molecule has 1 aromatic heterocycles. The van der Waals surface area contributed by atoms with Crippen LogP contribution in [0.5, 0.6) is 0 Å². The maximum absolute atomic E-state index is 13.8. The highest BCUT2D eigenvalue weighted by Crippen LogP contribution is 2.62. The topological polar surface area (TPSA) is 154 Å². The highest BCUT2D eigenvalue weighted by atomic mass is 16.3. The van der Waals surface area contributed by atoms with Crippen molar-refractivity contribution in [3.05, 3.63) is 18.5 Å². The van der Waals surface area contributed by atoms with E-state index in [1.54, 1.807) is 18.5 Å². The van der Waals surface area contributed by atoms with Crippen molar-refractivity contribution < 1.29 is 19.8 Å². The molecule has 3 aliphatic rings. The number of hydrogen-bond donors (Lipinski definition) is 5. The van der Waals surface area contributed by atoms with Crippen molar-refractivity contribution in [1.29, 1.82) is 0 Å². The first-order valence-corrected chi connectivity index (χ1v) is 13.7. The normalized spacial score (nSPS) is 29.2. The molecule has 2 amide bonds. The van der Waals surface area contributed by atoms with Crippen LogP contribution in [-0.4, -0.2) is 73.9 Å². The number of rotatable bonds is 11. The molecule has 0 aromatic carbocycles. The molecule has 4 rings (SSSR count). The Morgan fingerprint density at radius 1 is 1.22 bits per heavy atom. The molecule has 2 aliphatic carbocycles. The smallest absolute Gasteiger partial charge is 0.248 e. The van der Waals surface area contributed by atoms with Gasteiger partial charge in [0.15, 0.2) is 6.10 Å². The maximum Gasteiger partial charge on any atom is 0.248 e. The predicted octanol–water partition coefficient (Wildman–Crippen LogP) is 1.63. The van der Waals surface area contributed by atoms with E-state index in [1.165, 1.54) is 0 Å². The molecule has 0 bridgehead atoms. The number of aromatic nitrogens is 2. The molecule has 1 aliphatic heterocycles. The average molecular weight is 517 g/mol. The molecule has 0 radical (unpaired) electrons. The third kappa shape index (κ3) is 6.07. The van der Waals surface area contributed by atoms with E-state index in [0.29, 0.717) is 37.2 Å². The molecule has 3 fully saturated rings. The lowest BCUT2D eigenvalue weighted by Gasteiger charge is -2.41. The summed E-state index contributed by atoms with van der Waals surface area (Å²) in [6, 6.07) is -0.0436. The highest BCUT2D eigenvalue weighted by Gasteiger charge is 2.62. The Bertz CT molecular complexity index is 952. The summed E-state index contributed by atoms with van der Waals surface area (Å²) < 4.78 is 0. The second-order valence-corrected chi connectivity index (χ2v) is 12.5. The molecule has 10 heteroatoms. The van der Waals surface area contributed by atoms with Gasteiger partial charge in [-0.15, -0.1) is 0 Å². The number of anilines is 1. The monoisotopic (exact) mass is 516 g/mol. The van der Waals surface area contributed by atoms with Crippen LogP contribution in [0.1, 0.15) is 72.6 Å². The van der Waals surface area contributed by atoms with Crippen LogP contribution in [0.25, 0.3) is 0 Å². The first-order chi connectivity index (χ1) is 17.4. The lowest BCUT2D eigenvalue weighted by atomic mass is 9.79. The van der Waals surface area contributed by atoms with E-state index < -0.39 is 36.4 Å². The van der Waals surface area contributed by atoms with E-state index in [9.17, 15) is 19.8 Å². The van der Waals surface area contributed by atoms with Gasteiger partial charge in [-0.3, -0.25) is 14.5 Å². The standard InChI is InChI=1S/C27H44N6O4/c1-5-17-13-27(17)14-19(23(36)31-18(20(34)22(28)35)12-16-8-6-9-16)33(15-27)24(37)21(26(2,3)4)32-25-29-10-7-11-30-25/h7,10-11,16-21,24,34,37H,5-6,8-9,12-15H2,1-4H3,(H2,28,35)(H,31,36)(H,29,30,32)/t17?,18?,19-,20?,21+,24?,27-/m0/s1. The van der Waals surface area contributed by atoms with Gasteiger partial charge in [0.05, 0.1) is 18.1 Å². The first kappa shape index (κ1) is 27.7. The van der Waals surface area contributed by atoms with Crippen molar-refractivity contribution in [2.24, 2.45) is 28.4 Å². The predicted molar refractivity (Wildman–Crippen MR) is 140 cm³/mol. The number of carbonyl (C=O) groups excluding carboxylic acids is 2. The highest BCUT2D eigenvalue weighted by molar-refractivity contribution is 5.85. The van der Waals surface area contributed by atoms with Crippen LogP contribution < -0.4 is 16.4 Å². The van der Waals surface area contributed by atoms with E-state index in [2.05, 4.69) is 27.5 Å². The SMILES string of the molecule is CCC1C[C@@]12C[C@@H](C(=O)NC(CC1CCC1)C(O)C(N)=O)N(C(O)[C@@H](Nc1ncccn1)C(C)(C)C)C2. The second-order valence-electron chi connectivity index (χ2n) is 12.5. The van der Waals surface area contributed by atoms with Gasteiger partial charge in [-0.25, -0.2) is 9.97 Å². The number of nitrogens with two attached hydrogens (primary N) is 1. The quantitative estimate of drug-likeness (QED) is 0.297. The molecular formula is C27H44N6O4. The van der Waals surface area contributed by atoms with Gasteiger partial charge in [-0.05, 0) is 48.0 Å². The molecular weight excluding hydrogens is 472 g/mol. The van der Waals surface area contributed by atoms with Crippen LogP contribution in [0.2, 0.25) is 0 Å². The van der Waals surface area contributed by atoms with Crippen molar-refractivity contribution in [2.75, 3.05) is 11.9 Å². The zero-order valence-corrected chi connectivity index (χ0v) is 22.6. The second kappa shape index (κ2) is 10.8. The van der Waals surface area contributed by atoms with Gasteiger partial charge in [0.1, 0.15) is 6.23 Å². The van der Waals surface area contributed by atoms with E-state index in [4.69, 9.17) is 5.73 Å². The van der Waals surface area contributed by atoms with Gasteiger partial charge in [-0.1, -0.05) is 53.4 Å². The summed E-state index contributed by atoms with van der Waals surface area (Å²) in [4.78, 5) is 36.0. The largest absolute Gasteiger partial charge is 0.381 e. The molecule has 6 N–H and O–H groups in total. The minimum atomic E-state index is -1.44. The van der Waals surface area contributed by atoms with E-state index in [-0.39, 0.29) is 16.7 Å². The minimum absolute atomic E-state index is 0.00477. The molecule has 2 heterocycles. The number of amides is 2. The van der Waals surface area contributed by atoms with Crippen molar-refractivity contribution in [3.63, 3.8) is 0 Å². The van der Waals surface area contributed by atoms with Gasteiger partial charge >= 0.3 is 0 Å². The molecule has 1 spiro atoms. The van der Waals surface area contributed by atoms with E-state index >= 15 is 0 Å². The fourth-order valence-electron chi connectivity index (χ4n) is 6.29. The Labute approximate surface area is 219 Å². The number of primary amides is 1. The molecule has 1 aromatic rings. The van der Waals surface area contributed by atoms with Gasteiger partial charge in [0.25, 0.3) is 0 Å².